The Balaban J connectivity index is 1.57. The molecule has 0 atom stereocenters. The van der Waals surface area contributed by atoms with Gasteiger partial charge in [-0.3, -0.25) is 9.59 Å². The second-order valence-electron chi connectivity index (χ2n) is 5.55. The number of anilines is 1. The molecule has 2 aromatic carbocycles. The van der Waals surface area contributed by atoms with Crippen molar-refractivity contribution in [2.45, 2.75) is 6.42 Å². The molecular weight excluding hydrogens is 354 g/mol. The summed E-state index contributed by atoms with van der Waals surface area (Å²) in [6, 6.07) is 14.1. The summed E-state index contributed by atoms with van der Waals surface area (Å²) >= 11 is 5.86. The minimum atomic E-state index is -0.545. The van der Waals surface area contributed by atoms with Crippen LogP contribution in [0.4, 0.5) is 5.69 Å². The molecule has 0 radical (unpaired) electrons. The number of para-hydroxylation sites is 1. The summed E-state index contributed by atoms with van der Waals surface area (Å²) in [7, 11) is 0. The average Bonchev–Trinajstić information content (AvgIpc) is 3.03. The third-order valence-electron chi connectivity index (χ3n) is 3.75. The number of nitrogens with one attached hydrogen (secondary N) is 2. The number of halogens is 1. The van der Waals surface area contributed by atoms with Gasteiger partial charge in [-0.2, -0.15) is 5.26 Å². The normalized spacial score (nSPS) is 10.3. The zero-order valence-electron chi connectivity index (χ0n) is 13.6. The van der Waals surface area contributed by atoms with E-state index in [2.05, 4.69) is 10.3 Å². The molecule has 0 aliphatic rings. The van der Waals surface area contributed by atoms with Gasteiger partial charge in [0.25, 0.3) is 5.91 Å². The molecule has 6 nitrogen and oxygen atoms in total. The summed E-state index contributed by atoms with van der Waals surface area (Å²) in [4.78, 5) is 27.0. The molecule has 0 aliphatic carbocycles. The largest absolute Gasteiger partial charge is 0.455 e. The highest BCUT2D eigenvalue weighted by atomic mass is 35.5. The fraction of sp³-hybridized carbons (Fsp3) is 0.105. The van der Waals surface area contributed by atoms with E-state index in [0.29, 0.717) is 5.02 Å². The van der Waals surface area contributed by atoms with E-state index in [1.165, 1.54) is 12.1 Å². The number of carbonyl (C=O) groups excluding carboxylic acids is 2. The maximum atomic E-state index is 12.0. The number of carbonyl (C=O) groups is 2. The second-order valence-corrected chi connectivity index (χ2v) is 5.98. The molecule has 0 fully saturated rings. The quantitative estimate of drug-likeness (QED) is 0.675. The van der Waals surface area contributed by atoms with Gasteiger partial charge in [-0.15, -0.1) is 0 Å². The number of ether oxygens (including phenoxy) is 1. The van der Waals surface area contributed by atoms with Crippen LogP contribution in [-0.2, 0) is 20.7 Å². The molecule has 1 amide bonds. The molecular formula is C19H14ClN3O3. The molecule has 0 spiro atoms. The summed E-state index contributed by atoms with van der Waals surface area (Å²) in [5.74, 6) is -1.06. The molecule has 0 unspecified atom stereocenters. The van der Waals surface area contributed by atoms with Gasteiger partial charge in [0, 0.05) is 22.1 Å². The Kier molecular flexibility index (Phi) is 5.20. The topological polar surface area (TPSA) is 95.0 Å². The summed E-state index contributed by atoms with van der Waals surface area (Å²) in [5.41, 5.74) is 2.27. The Morgan fingerprint density at radius 1 is 1.23 bits per heavy atom. The highest BCUT2D eigenvalue weighted by Gasteiger charge is 2.13. The second kappa shape index (κ2) is 7.72. The van der Waals surface area contributed by atoms with Crippen LogP contribution >= 0.6 is 11.6 Å². The van der Waals surface area contributed by atoms with E-state index < -0.39 is 18.5 Å². The first kappa shape index (κ1) is 17.5. The number of esters is 1. The van der Waals surface area contributed by atoms with Gasteiger partial charge in [0.15, 0.2) is 6.61 Å². The van der Waals surface area contributed by atoms with Crippen molar-refractivity contribution in [3.63, 3.8) is 0 Å². The number of aromatic nitrogens is 1. The Bertz CT molecular complexity index is 1020. The molecule has 0 saturated carbocycles. The number of amides is 1. The fourth-order valence-electron chi connectivity index (χ4n) is 2.53. The summed E-state index contributed by atoms with van der Waals surface area (Å²) < 4.78 is 5.02. The predicted molar refractivity (Wildman–Crippen MR) is 97.8 cm³/mol. The van der Waals surface area contributed by atoms with Crippen LogP contribution in [0.15, 0.2) is 48.7 Å². The minimum absolute atomic E-state index is 0.0535. The number of aromatic amines is 1. The summed E-state index contributed by atoms with van der Waals surface area (Å²) in [5, 5.41) is 12.9. The molecule has 130 valence electrons. The Hall–Kier alpha value is -3.30. The van der Waals surface area contributed by atoms with E-state index in [0.717, 1.165) is 16.5 Å². The highest BCUT2D eigenvalue weighted by Crippen LogP contribution is 2.20. The monoisotopic (exact) mass is 367 g/mol. The first-order chi connectivity index (χ1) is 12.6. The number of benzene rings is 2. The van der Waals surface area contributed by atoms with Crippen molar-refractivity contribution in [2.75, 3.05) is 11.9 Å². The van der Waals surface area contributed by atoms with Crippen molar-refractivity contribution in [3.8, 4) is 6.07 Å². The van der Waals surface area contributed by atoms with E-state index in [1.54, 1.807) is 12.3 Å². The van der Waals surface area contributed by atoms with Crippen LogP contribution in [0.5, 0.6) is 0 Å². The fourth-order valence-corrected chi connectivity index (χ4v) is 2.71. The van der Waals surface area contributed by atoms with Gasteiger partial charge in [0.1, 0.15) is 6.07 Å². The molecule has 7 heteroatoms. The van der Waals surface area contributed by atoms with Gasteiger partial charge in [-0.25, -0.2) is 0 Å². The zero-order valence-corrected chi connectivity index (χ0v) is 14.3. The molecule has 3 aromatic rings. The van der Waals surface area contributed by atoms with Crippen molar-refractivity contribution in [2.24, 2.45) is 0 Å². The number of fused-ring (bicyclic) bond motifs is 1. The molecule has 1 aromatic heterocycles. The lowest BCUT2D eigenvalue weighted by atomic mass is 10.1. The summed E-state index contributed by atoms with van der Waals surface area (Å²) in [6.45, 7) is -0.446. The molecule has 0 saturated heterocycles. The number of nitriles is 1. The third-order valence-corrected chi connectivity index (χ3v) is 3.99. The van der Waals surface area contributed by atoms with Crippen molar-refractivity contribution < 1.29 is 14.3 Å². The average molecular weight is 368 g/mol. The Morgan fingerprint density at radius 3 is 2.85 bits per heavy atom. The molecule has 0 aliphatic heterocycles. The van der Waals surface area contributed by atoms with Gasteiger partial charge in [0.2, 0.25) is 0 Å². The van der Waals surface area contributed by atoms with Crippen LogP contribution in [-0.4, -0.2) is 23.5 Å². The number of H-pyrrole nitrogens is 1. The van der Waals surface area contributed by atoms with Crippen molar-refractivity contribution in [1.29, 1.82) is 5.26 Å². The predicted octanol–water partition coefficient (Wildman–Crippen LogP) is 3.42. The number of nitrogens with zero attached hydrogens (tertiary/aromatic N) is 1. The van der Waals surface area contributed by atoms with Crippen LogP contribution in [0.25, 0.3) is 10.9 Å². The minimum Gasteiger partial charge on any atom is -0.455 e. The number of rotatable bonds is 5. The molecule has 1 heterocycles. The molecule has 3 rings (SSSR count). The van der Waals surface area contributed by atoms with E-state index in [-0.39, 0.29) is 17.7 Å². The highest BCUT2D eigenvalue weighted by molar-refractivity contribution is 6.31. The van der Waals surface area contributed by atoms with E-state index in [9.17, 15) is 9.59 Å². The van der Waals surface area contributed by atoms with Gasteiger partial charge in [-0.1, -0.05) is 29.8 Å². The van der Waals surface area contributed by atoms with E-state index >= 15 is 0 Å². The van der Waals surface area contributed by atoms with Gasteiger partial charge >= 0.3 is 5.97 Å². The molecule has 0 bridgehead atoms. The third kappa shape index (κ3) is 4.02. The van der Waals surface area contributed by atoms with Crippen LogP contribution in [0.2, 0.25) is 5.02 Å². The van der Waals surface area contributed by atoms with Crippen molar-refractivity contribution >= 4 is 40.1 Å². The lowest BCUT2D eigenvalue weighted by Crippen LogP contribution is -2.22. The molecule has 26 heavy (non-hydrogen) atoms. The van der Waals surface area contributed by atoms with E-state index in [4.69, 9.17) is 21.6 Å². The van der Waals surface area contributed by atoms with Gasteiger partial charge in [-0.05, 0) is 29.8 Å². The maximum absolute atomic E-state index is 12.0. The first-order valence-electron chi connectivity index (χ1n) is 7.77. The van der Waals surface area contributed by atoms with Crippen molar-refractivity contribution in [3.05, 3.63) is 64.8 Å². The van der Waals surface area contributed by atoms with Crippen LogP contribution < -0.4 is 5.32 Å². The number of hydrogen-bond acceptors (Lipinski definition) is 4. The van der Waals surface area contributed by atoms with Crippen molar-refractivity contribution in [1.82, 2.24) is 4.98 Å². The standard InChI is InChI=1S/C19H14ClN3O3/c20-14-6-5-12(9-21)17(8-14)23-18(24)11-26-19(25)7-13-10-22-16-4-2-1-3-15(13)16/h1-6,8,10,22H,7,11H2,(H,23,24). The molecule has 2 N–H and O–H groups in total. The van der Waals surface area contributed by atoms with Crippen LogP contribution in [0.1, 0.15) is 11.1 Å². The lowest BCUT2D eigenvalue weighted by Gasteiger charge is -2.08. The van der Waals surface area contributed by atoms with Gasteiger partial charge in [0.05, 0.1) is 17.7 Å². The Labute approximate surface area is 154 Å². The van der Waals surface area contributed by atoms with Crippen LogP contribution in [0.3, 0.4) is 0 Å². The lowest BCUT2D eigenvalue weighted by molar-refractivity contribution is -0.146. The number of hydrogen-bond donors (Lipinski definition) is 2. The Morgan fingerprint density at radius 2 is 2.04 bits per heavy atom. The van der Waals surface area contributed by atoms with Crippen LogP contribution in [0, 0.1) is 11.3 Å². The maximum Gasteiger partial charge on any atom is 0.310 e. The zero-order chi connectivity index (χ0) is 18.5. The summed E-state index contributed by atoms with van der Waals surface area (Å²) in [6.07, 6.45) is 1.80. The first-order valence-corrected chi connectivity index (χ1v) is 8.14. The SMILES string of the molecule is N#Cc1ccc(Cl)cc1NC(=O)COC(=O)Cc1c[nH]c2ccccc12. The smallest absolute Gasteiger partial charge is 0.310 e. The van der Waals surface area contributed by atoms with Gasteiger partial charge < -0.3 is 15.0 Å². The van der Waals surface area contributed by atoms with E-state index in [1.807, 2.05) is 30.3 Å².